The second-order valence-electron chi connectivity index (χ2n) is 4.45. The molecule has 2 rings (SSSR count). The Balaban J connectivity index is 2.29. The average Bonchev–Trinajstić information content (AvgIpc) is 3.01. The van der Waals surface area contributed by atoms with Gasteiger partial charge in [0.25, 0.3) is 5.91 Å². The van der Waals surface area contributed by atoms with Crippen LogP contribution in [0.5, 0.6) is 17.2 Å². The number of anilines is 1. The van der Waals surface area contributed by atoms with Crippen molar-refractivity contribution in [3.8, 4) is 17.2 Å². The van der Waals surface area contributed by atoms with Crippen LogP contribution in [0.15, 0.2) is 18.3 Å². The van der Waals surface area contributed by atoms with Crippen LogP contribution in [0.2, 0.25) is 0 Å². The molecule has 0 radical (unpaired) electrons. The maximum Gasteiger partial charge on any atom is 0.257 e. The summed E-state index contributed by atoms with van der Waals surface area (Å²) in [7, 11) is 4.43. The van der Waals surface area contributed by atoms with E-state index in [0.717, 1.165) is 11.3 Å². The van der Waals surface area contributed by atoms with Crippen LogP contribution < -0.4 is 19.5 Å². The van der Waals surface area contributed by atoms with Crippen molar-refractivity contribution in [1.29, 1.82) is 0 Å². The van der Waals surface area contributed by atoms with Gasteiger partial charge >= 0.3 is 0 Å². The molecule has 0 saturated carbocycles. The van der Waals surface area contributed by atoms with Gasteiger partial charge in [0.05, 0.1) is 32.4 Å². The number of aromatic nitrogens is 1. The molecule has 122 valence electrons. The summed E-state index contributed by atoms with van der Waals surface area (Å²) in [5.41, 5.74) is 0.319. The fraction of sp³-hybridized carbons (Fsp3) is 0.267. The third-order valence-electron chi connectivity index (χ3n) is 3.00. The van der Waals surface area contributed by atoms with Crippen molar-refractivity contribution < 1.29 is 23.8 Å². The number of nitrogens with zero attached hydrogens (tertiary/aromatic N) is 1. The monoisotopic (exact) mass is 336 g/mol. The highest BCUT2D eigenvalue weighted by Gasteiger charge is 2.18. The molecular formula is C15H16N2O5S. The first-order chi connectivity index (χ1) is 11.0. The highest BCUT2D eigenvalue weighted by molar-refractivity contribution is 7.17. The molecule has 1 heterocycles. The summed E-state index contributed by atoms with van der Waals surface area (Å²) in [6.45, 7) is 1.44. The first-order valence-corrected chi connectivity index (χ1v) is 7.40. The summed E-state index contributed by atoms with van der Waals surface area (Å²) in [6.07, 6.45) is 1.43. The van der Waals surface area contributed by atoms with E-state index in [1.165, 1.54) is 46.6 Å². The number of ketones is 1. The van der Waals surface area contributed by atoms with Crippen molar-refractivity contribution in [2.24, 2.45) is 0 Å². The predicted molar refractivity (Wildman–Crippen MR) is 86.2 cm³/mol. The lowest BCUT2D eigenvalue weighted by Crippen LogP contribution is -2.12. The zero-order chi connectivity index (χ0) is 17.0. The van der Waals surface area contributed by atoms with Crippen molar-refractivity contribution in [2.75, 3.05) is 26.6 Å². The van der Waals surface area contributed by atoms with Gasteiger partial charge in [-0.3, -0.25) is 14.9 Å². The summed E-state index contributed by atoms with van der Waals surface area (Å²) in [5.74, 6) is 0.658. The first kappa shape index (κ1) is 16.8. The minimum absolute atomic E-state index is 0.101. The van der Waals surface area contributed by atoms with Crippen molar-refractivity contribution in [3.05, 3.63) is 28.8 Å². The van der Waals surface area contributed by atoms with Gasteiger partial charge in [0, 0.05) is 12.5 Å². The van der Waals surface area contributed by atoms with Crippen molar-refractivity contribution in [2.45, 2.75) is 6.92 Å². The second-order valence-corrected chi connectivity index (χ2v) is 5.48. The number of ether oxygens (including phenoxy) is 3. The molecule has 0 aliphatic rings. The van der Waals surface area contributed by atoms with Gasteiger partial charge in [-0.2, -0.15) is 0 Å². The van der Waals surface area contributed by atoms with Crippen molar-refractivity contribution >= 4 is 28.2 Å². The lowest BCUT2D eigenvalue weighted by atomic mass is 10.1. The molecule has 0 saturated heterocycles. The van der Waals surface area contributed by atoms with E-state index >= 15 is 0 Å². The Kier molecular flexibility index (Phi) is 5.17. The van der Waals surface area contributed by atoms with Gasteiger partial charge in [-0.1, -0.05) is 11.3 Å². The Morgan fingerprint density at radius 2 is 1.70 bits per heavy atom. The van der Waals surface area contributed by atoms with Gasteiger partial charge in [-0.25, -0.2) is 4.98 Å². The highest BCUT2D eigenvalue weighted by Crippen LogP contribution is 2.38. The predicted octanol–water partition coefficient (Wildman–Crippen LogP) is 2.62. The van der Waals surface area contributed by atoms with E-state index in [9.17, 15) is 9.59 Å². The van der Waals surface area contributed by atoms with Gasteiger partial charge in [0.2, 0.25) is 5.75 Å². The average molecular weight is 336 g/mol. The van der Waals surface area contributed by atoms with Crippen LogP contribution in [0.4, 0.5) is 5.13 Å². The summed E-state index contributed by atoms with van der Waals surface area (Å²) in [6, 6.07) is 3.08. The van der Waals surface area contributed by atoms with Crippen LogP contribution in [-0.4, -0.2) is 38.0 Å². The number of thiazole rings is 1. The van der Waals surface area contributed by atoms with E-state index in [-0.39, 0.29) is 5.78 Å². The summed E-state index contributed by atoms with van der Waals surface area (Å²) in [5, 5.41) is 2.98. The van der Waals surface area contributed by atoms with Gasteiger partial charge < -0.3 is 14.2 Å². The summed E-state index contributed by atoms with van der Waals surface area (Å²) >= 11 is 1.11. The van der Waals surface area contributed by atoms with Crippen LogP contribution in [0, 0.1) is 0 Å². The van der Waals surface area contributed by atoms with Crippen LogP contribution in [0.25, 0.3) is 0 Å². The molecule has 0 aliphatic carbocycles. The quantitative estimate of drug-likeness (QED) is 0.816. The standard InChI is InChI=1S/C15H16N2O5S/c1-8(18)12-7-16-15(23-12)17-14(19)9-5-10(20-2)13(22-4)11(6-9)21-3/h5-7H,1-4H3,(H,16,17,19). The van der Waals surface area contributed by atoms with E-state index < -0.39 is 5.91 Å². The molecule has 7 nitrogen and oxygen atoms in total. The smallest absolute Gasteiger partial charge is 0.257 e. The molecule has 1 aromatic heterocycles. The van der Waals surface area contributed by atoms with Crippen molar-refractivity contribution in [1.82, 2.24) is 4.98 Å². The third-order valence-corrected chi connectivity index (χ3v) is 4.01. The lowest BCUT2D eigenvalue weighted by molar-refractivity contribution is 0.101. The Morgan fingerprint density at radius 1 is 1.09 bits per heavy atom. The molecular weight excluding hydrogens is 320 g/mol. The number of hydrogen-bond acceptors (Lipinski definition) is 7. The maximum atomic E-state index is 12.3. The Bertz CT molecular complexity index is 716. The third kappa shape index (κ3) is 3.59. The normalized spacial score (nSPS) is 10.1. The molecule has 2 aromatic rings. The van der Waals surface area contributed by atoms with Gasteiger partial charge in [-0.05, 0) is 12.1 Å². The highest BCUT2D eigenvalue weighted by atomic mass is 32.1. The Labute approximate surface area is 137 Å². The minimum Gasteiger partial charge on any atom is -0.493 e. The van der Waals surface area contributed by atoms with Crippen LogP contribution in [-0.2, 0) is 0 Å². The maximum absolute atomic E-state index is 12.3. The molecule has 1 amide bonds. The Hall–Kier alpha value is -2.61. The molecule has 23 heavy (non-hydrogen) atoms. The number of hydrogen-bond donors (Lipinski definition) is 1. The number of amides is 1. The zero-order valence-electron chi connectivity index (χ0n) is 13.1. The number of rotatable bonds is 6. The fourth-order valence-electron chi connectivity index (χ4n) is 1.88. The lowest BCUT2D eigenvalue weighted by Gasteiger charge is -2.13. The molecule has 0 aliphatic heterocycles. The van der Waals surface area contributed by atoms with Crippen LogP contribution in [0.1, 0.15) is 27.0 Å². The number of nitrogens with one attached hydrogen (secondary N) is 1. The summed E-state index contributed by atoms with van der Waals surface area (Å²) < 4.78 is 15.6. The topological polar surface area (TPSA) is 86.8 Å². The molecule has 0 fully saturated rings. The van der Waals surface area contributed by atoms with E-state index in [1.807, 2.05) is 0 Å². The molecule has 1 aromatic carbocycles. The molecule has 0 unspecified atom stereocenters. The van der Waals surface area contributed by atoms with Crippen LogP contribution >= 0.6 is 11.3 Å². The SMILES string of the molecule is COc1cc(C(=O)Nc2ncc(C(C)=O)s2)cc(OC)c1OC. The number of carbonyl (C=O) groups excluding carboxylic acids is 2. The van der Waals surface area contributed by atoms with Crippen molar-refractivity contribution in [3.63, 3.8) is 0 Å². The largest absolute Gasteiger partial charge is 0.493 e. The van der Waals surface area contributed by atoms with Gasteiger partial charge in [-0.15, -0.1) is 0 Å². The number of benzene rings is 1. The zero-order valence-corrected chi connectivity index (χ0v) is 13.9. The number of methoxy groups -OCH3 is 3. The number of carbonyl (C=O) groups is 2. The van der Waals surface area contributed by atoms with Crippen LogP contribution in [0.3, 0.4) is 0 Å². The van der Waals surface area contributed by atoms with E-state index in [0.29, 0.717) is 32.8 Å². The number of Topliss-reactive ketones (excluding diaryl/α,β-unsaturated/α-hetero) is 1. The minimum atomic E-state index is -0.395. The molecule has 0 spiro atoms. The van der Waals surface area contributed by atoms with Gasteiger partial charge in [0.1, 0.15) is 0 Å². The second kappa shape index (κ2) is 7.10. The molecule has 0 bridgehead atoms. The fourth-order valence-corrected chi connectivity index (χ4v) is 2.58. The Morgan fingerprint density at radius 3 is 2.13 bits per heavy atom. The van der Waals surface area contributed by atoms with E-state index in [2.05, 4.69) is 10.3 Å². The molecule has 0 atom stereocenters. The first-order valence-electron chi connectivity index (χ1n) is 6.58. The van der Waals surface area contributed by atoms with Gasteiger partial charge in [0.15, 0.2) is 22.4 Å². The molecule has 8 heteroatoms. The summed E-state index contributed by atoms with van der Waals surface area (Å²) in [4.78, 5) is 28.1. The van der Waals surface area contributed by atoms with E-state index in [4.69, 9.17) is 14.2 Å². The van der Waals surface area contributed by atoms with E-state index in [1.54, 1.807) is 0 Å². The molecule has 1 N–H and O–H groups in total.